The molecule has 9 heteroatoms. The lowest BCUT2D eigenvalue weighted by atomic mass is 9.83. The van der Waals surface area contributed by atoms with Crippen LogP contribution in [0.5, 0.6) is 0 Å². The van der Waals surface area contributed by atoms with Crippen molar-refractivity contribution in [3.05, 3.63) is 116 Å². The van der Waals surface area contributed by atoms with Gasteiger partial charge in [0.15, 0.2) is 5.82 Å². The Morgan fingerprint density at radius 3 is 2.49 bits per heavy atom. The van der Waals surface area contributed by atoms with Crippen molar-refractivity contribution in [2.45, 2.75) is 23.6 Å². The first-order chi connectivity index (χ1) is 18.7. The molecule has 0 radical (unpaired) electrons. The maximum absolute atomic E-state index is 15.8. The zero-order valence-corrected chi connectivity index (χ0v) is 22.7. The van der Waals surface area contributed by atoms with E-state index in [0.717, 1.165) is 39.4 Å². The summed E-state index contributed by atoms with van der Waals surface area (Å²) >= 11 is 12.6. The van der Waals surface area contributed by atoms with Gasteiger partial charge < -0.3 is 9.64 Å². The highest BCUT2D eigenvalue weighted by molar-refractivity contribution is 7.99. The van der Waals surface area contributed by atoms with Crippen LogP contribution in [-0.2, 0) is 21.9 Å². The number of alkyl halides is 1. The van der Waals surface area contributed by atoms with Crippen molar-refractivity contribution in [3.8, 4) is 0 Å². The summed E-state index contributed by atoms with van der Waals surface area (Å²) in [4.78, 5) is 15.0. The van der Waals surface area contributed by atoms with Crippen LogP contribution in [0.1, 0.15) is 39.0 Å². The molecule has 4 aromatic rings. The van der Waals surface area contributed by atoms with Crippen molar-refractivity contribution in [2.75, 3.05) is 13.1 Å². The molecule has 3 heterocycles. The van der Waals surface area contributed by atoms with Crippen molar-refractivity contribution in [2.24, 2.45) is 4.40 Å². The molecule has 3 aliphatic heterocycles. The Labute approximate surface area is 237 Å². The van der Waals surface area contributed by atoms with Crippen molar-refractivity contribution < 1.29 is 18.3 Å². The fraction of sp³-hybridized carbons (Fsp3) is 0.200. The number of carbonyl (C=O) groups excluding carboxylic acids is 1. The lowest BCUT2D eigenvalue weighted by molar-refractivity contribution is -0.126. The van der Waals surface area contributed by atoms with Gasteiger partial charge in [0, 0.05) is 29.5 Å². The van der Waals surface area contributed by atoms with E-state index in [2.05, 4.69) is 4.40 Å². The van der Waals surface area contributed by atoms with Crippen LogP contribution in [0.3, 0.4) is 0 Å². The van der Waals surface area contributed by atoms with Crippen molar-refractivity contribution in [1.82, 2.24) is 4.90 Å². The SMILES string of the molecule is O=C(c1ccc2ccccc2c1)N1CC2(C1)OCc1cc(C3=NSC(F)(c4cc(Cl)c(F)c(Cl)c4)C3)ccc12. The van der Waals surface area contributed by atoms with Crippen LogP contribution in [0, 0.1) is 5.82 Å². The largest absolute Gasteiger partial charge is 0.362 e. The van der Waals surface area contributed by atoms with Gasteiger partial charge in [0.05, 0.1) is 35.5 Å². The third-order valence-electron chi connectivity index (χ3n) is 7.72. The minimum Gasteiger partial charge on any atom is -0.362 e. The Morgan fingerprint density at radius 2 is 1.72 bits per heavy atom. The second-order valence-electron chi connectivity index (χ2n) is 10.2. The molecule has 1 amide bonds. The summed E-state index contributed by atoms with van der Waals surface area (Å²) in [6.45, 7) is 1.36. The summed E-state index contributed by atoms with van der Waals surface area (Å²) in [6.07, 6.45) is -0.00518. The van der Waals surface area contributed by atoms with Crippen molar-refractivity contribution in [3.63, 3.8) is 0 Å². The number of rotatable bonds is 3. The number of hydrogen-bond acceptors (Lipinski definition) is 4. The van der Waals surface area contributed by atoms with E-state index < -0.39 is 16.4 Å². The molecule has 1 unspecified atom stereocenters. The molecule has 0 saturated carbocycles. The third-order valence-corrected chi connectivity index (χ3v) is 9.25. The molecule has 39 heavy (non-hydrogen) atoms. The average Bonchev–Trinajstić information content (AvgIpc) is 3.51. The van der Waals surface area contributed by atoms with Gasteiger partial charge in [0.25, 0.3) is 5.91 Å². The number of amides is 1. The Balaban J connectivity index is 1.07. The number of likely N-dealkylation sites (tertiary alicyclic amines) is 1. The van der Waals surface area contributed by atoms with E-state index in [1.165, 1.54) is 12.1 Å². The summed E-state index contributed by atoms with van der Waals surface area (Å²) < 4.78 is 40.3. The Kier molecular flexibility index (Phi) is 5.79. The Morgan fingerprint density at radius 1 is 0.974 bits per heavy atom. The van der Waals surface area contributed by atoms with Crippen LogP contribution in [0.2, 0.25) is 10.0 Å². The van der Waals surface area contributed by atoms with Gasteiger partial charge in [-0.1, -0.05) is 65.7 Å². The van der Waals surface area contributed by atoms with Gasteiger partial charge in [-0.15, -0.1) is 0 Å². The van der Waals surface area contributed by atoms with Crippen LogP contribution >= 0.6 is 35.1 Å². The average molecular weight is 581 g/mol. The second kappa shape index (κ2) is 9.03. The molecule has 4 aromatic carbocycles. The van der Waals surface area contributed by atoms with Gasteiger partial charge in [0.1, 0.15) is 5.60 Å². The molecule has 0 aliphatic carbocycles. The first-order valence-corrected chi connectivity index (χ1v) is 13.9. The van der Waals surface area contributed by atoms with E-state index in [1.807, 2.05) is 60.7 Å². The zero-order valence-electron chi connectivity index (χ0n) is 20.4. The Hall–Kier alpha value is -2.97. The summed E-state index contributed by atoms with van der Waals surface area (Å²) in [5.74, 6) is -0.784. The summed E-state index contributed by atoms with van der Waals surface area (Å²) in [6, 6.07) is 22.1. The maximum atomic E-state index is 15.8. The maximum Gasteiger partial charge on any atom is 0.254 e. The molecule has 1 spiro atoms. The lowest BCUT2D eigenvalue weighted by Gasteiger charge is -2.47. The topological polar surface area (TPSA) is 41.9 Å². The van der Waals surface area contributed by atoms with Crippen molar-refractivity contribution in [1.29, 1.82) is 0 Å². The monoisotopic (exact) mass is 580 g/mol. The summed E-state index contributed by atoms with van der Waals surface area (Å²) in [7, 11) is 0. The molecule has 3 aliphatic rings. The highest BCUT2D eigenvalue weighted by atomic mass is 35.5. The first-order valence-electron chi connectivity index (χ1n) is 12.4. The smallest absolute Gasteiger partial charge is 0.254 e. The number of hydrogen-bond donors (Lipinski definition) is 0. The molecule has 1 atom stereocenters. The molecule has 1 fully saturated rings. The second-order valence-corrected chi connectivity index (χ2v) is 12.0. The molecule has 7 rings (SSSR count). The molecule has 1 saturated heterocycles. The van der Waals surface area contributed by atoms with E-state index in [1.54, 1.807) is 4.90 Å². The predicted octanol–water partition coefficient (Wildman–Crippen LogP) is 7.83. The van der Waals surface area contributed by atoms with E-state index in [0.29, 0.717) is 31.0 Å². The summed E-state index contributed by atoms with van der Waals surface area (Å²) in [5, 5.41) is -0.220. The van der Waals surface area contributed by atoms with Crippen LogP contribution in [0.4, 0.5) is 8.78 Å². The van der Waals surface area contributed by atoms with Crippen LogP contribution in [0.15, 0.2) is 77.2 Å². The number of benzene rings is 4. The van der Waals surface area contributed by atoms with Crippen LogP contribution in [0.25, 0.3) is 10.8 Å². The van der Waals surface area contributed by atoms with Gasteiger partial charge in [-0.3, -0.25) is 4.79 Å². The van der Waals surface area contributed by atoms with Crippen LogP contribution < -0.4 is 0 Å². The molecule has 196 valence electrons. The predicted molar refractivity (Wildman–Crippen MR) is 151 cm³/mol. The molecular formula is C30H20Cl2F2N2O2S. The van der Waals surface area contributed by atoms with Gasteiger partial charge in [-0.05, 0) is 57.8 Å². The number of halogens is 4. The van der Waals surface area contributed by atoms with Gasteiger partial charge in [-0.2, -0.15) is 0 Å². The van der Waals surface area contributed by atoms with Gasteiger partial charge in [0.2, 0.25) is 5.00 Å². The van der Waals surface area contributed by atoms with Crippen LogP contribution in [-0.4, -0.2) is 29.6 Å². The molecule has 4 nitrogen and oxygen atoms in total. The van der Waals surface area contributed by atoms with E-state index >= 15 is 4.39 Å². The standard InChI is InChI=1S/C30H20Cl2F2N2O2S/c31-24-11-22(12-25(32)27(24)33)30(34)13-26(35-39-30)19-7-8-23-21(10-19)14-38-29(23)15-36(16-29)28(37)20-6-5-17-3-1-2-4-18(17)9-20/h1-12H,13-16H2. The van der Waals surface area contributed by atoms with Gasteiger partial charge >= 0.3 is 0 Å². The highest BCUT2D eigenvalue weighted by Crippen LogP contribution is 2.50. The quantitative estimate of drug-likeness (QED) is 0.183. The van der Waals surface area contributed by atoms with E-state index in [9.17, 15) is 9.18 Å². The first kappa shape index (κ1) is 25.0. The summed E-state index contributed by atoms with van der Waals surface area (Å²) in [5.41, 5.74) is 3.74. The van der Waals surface area contributed by atoms with Gasteiger partial charge in [-0.25, -0.2) is 13.2 Å². The lowest BCUT2D eigenvalue weighted by Crippen LogP contribution is -2.61. The minimum atomic E-state index is -1.90. The molecular weight excluding hydrogens is 561 g/mol. The fourth-order valence-electron chi connectivity index (χ4n) is 5.60. The molecule has 0 aromatic heterocycles. The van der Waals surface area contributed by atoms with Crippen molar-refractivity contribution >= 4 is 57.5 Å². The number of nitrogens with zero attached hydrogens (tertiary/aromatic N) is 2. The fourth-order valence-corrected chi connectivity index (χ4v) is 6.94. The highest BCUT2D eigenvalue weighted by Gasteiger charge is 2.52. The normalized spacial score (nSPS) is 21.2. The minimum absolute atomic E-state index is 0.00518. The molecule has 0 bridgehead atoms. The number of fused-ring (bicyclic) bond motifs is 3. The number of carbonyl (C=O) groups is 1. The number of ether oxygens (including phenoxy) is 1. The zero-order chi connectivity index (χ0) is 26.9. The molecule has 0 N–H and O–H groups in total. The van der Waals surface area contributed by atoms with E-state index in [-0.39, 0.29) is 27.9 Å². The Bertz CT molecular complexity index is 1700. The van der Waals surface area contributed by atoms with E-state index in [4.69, 9.17) is 27.9 Å². The third kappa shape index (κ3) is 4.06.